The Morgan fingerprint density at radius 2 is 1.84 bits per heavy atom. The molecule has 1 unspecified atom stereocenters. The number of hydrogen-bond acceptors (Lipinski definition) is 3. The maximum absolute atomic E-state index is 12.9. The third-order valence-electron chi connectivity index (χ3n) is 6.25. The molecule has 25 heavy (non-hydrogen) atoms. The molecule has 0 saturated carbocycles. The van der Waals surface area contributed by atoms with Gasteiger partial charge in [0, 0.05) is 57.8 Å². The number of piperidine rings is 1. The maximum Gasteiger partial charge on any atom is 0.320 e. The van der Waals surface area contributed by atoms with Crippen molar-refractivity contribution in [3.8, 4) is 0 Å². The summed E-state index contributed by atoms with van der Waals surface area (Å²) >= 11 is 0. The summed E-state index contributed by atoms with van der Waals surface area (Å²) < 4.78 is 0. The molecule has 0 aromatic heterocycles. The highest BCUT2D eigenvalue weighted by atomic mass is 16.2. The lowest BCUT2D eigenvalue weighted by molar-refractivity contribution is -0.130. The van der Waals surface area contributed by atoms with Crippen molar-refractivity contribution in [2.24, 2.45) is 0 Å². The molecular formula is C19H32N4O2. The quantitative estimate of drug-likeness (QED) is 0.715. The second-order valence-corrected chi connectivity index (χ2v) is 7.78. The number of carbonyl (C=O) groups is 2. The van der Waals surface area contributed by atoms with Crippen LogP contribution >= 0.6 is 0 Å². The highest BCUT2D eigenvalue weighted by Gasteiger charge is 2.43. The van der Waals surface area contributed by atoms with E-state index in [0.29, 0.717) is 13.0 Å². The number of amides is 3. The van der Waals surface area contributed by atoms with Crippen LogP contribution in [0.15, 0.2) is 12.7 Å². The molecule has 0 aromatic carbocycles. The normalized spacial score (nSPS) is 29.0. The molecule has 6 heteroatoms. The minimum atomic E-state index is -0.0741. The van der Waals surface area contributed by atoms with Gasteiger partial charge in [-0.25, -0.2) is 4.79 Å². The van der Waals surface area contributed by atoms with Gasteiger partial charge < -0.3 is 14.7 Å². The zero-order valence-corrected chi connectivity index (χ0v) is 15.6. The van der Waals surface area contributed by atoms with Gasteiger partial charge in [-0.1, -0.05) is 6.08 Å². The summed E-state index contributed by atoms with van der Waals surface area (Å²) in [4.78, 5) is 33.7. The number of likely N-dealkylation sites (tertiary alicyclic amines) is 2. The summed E-state index contributed by atoms with van der Waals surface area (Å²) in [5, 5.41) is 0. The smallest absolute Gasteiger partial charge is 0.320 e. The summed E-state index contributed by atoms with van der Waals surface area (Å²) in [6.45, 7) is 9.34. The van der Waals surface area contributed by atoms with Crippen LogP contribution < -0.4 is 0 Å². The molecule has 3 rings (SSSR count). The Kier molecular flexibility index (Phi) is 5.67. The Labute approximate surface area is 151 Å². The standard InChI is InChI=1S/C19H32N4O2/c1-3-10-21-13-9-19(8-7-17(21)24)16-23(15-14-20(19)2)18(25)22-11-5-4-6-12-22/h3H,1,4-16H2,2H3. The van der Waals surface area contributed by atoms with Crippen LogP contribution in [0.2, 0.25) is 0 Å². The molecule has 0 aromatic rings. The van der Waals surface area contributed by atoms with Crippen LogP contribution in [0.3, 0.4) is 0 Å². The van der Waals surface area contributed by atoms with Gasteiger partial charge in [0.05, 0.1) is 0 Å². The van der Waals surface area contributed by atoms with E-state index < -0.39 is 0 Å². The summed E-state index contributed by atoms with van der Waals surface area (Å²) in [6.07, 6.45) is 7.59. The third-order valence-corrected chi connectivity index (χ3v) is 6.25. The minimum Gasteiger partial charge on any atom is -0.339 e. The summed E-state index contributed by atoms with van der Waals surface area (Å²) in [6, 6.07) is 0.200. The fourth-order valence-corrected chi connectivity index (χ4v) is 4.49. The van der Waals surface area contributed by atoms with Crippen molar-refractivity contribution in [1.29, 1.82) is 0 Å². The van der Waals surface area contributed by atoms with Gasteiger partial charge in [0.25, 0.3) is 0 Å². The third kappa shape index (κ3) is 3.84. The van der Waals surface area contributed by atoms with Crippen LogP contribution in [0.25, 0.3) is 0 Å². The number of likely N-dealkylation sites (N-methyl/N-ethyl adjacent to an activating group) is 1. The van der Waals surface area contributed by atoms with Gasteiger partial charge in [0.2, 0.25) is 5.91 Å². The molecule has 140 valence electrons. The topological polar surface area (TPSA) is 47.1 Å². The number of nitrogens with zero attached hydrogens (tertiary/aromatic N) is 4. The van der Waals surface area contributed by atoms with Crippen molar-refractivity contribution < 1.29 is 9.59 Å². The van der Waals surface area contributed by atoms with E-state index in [1.165, 1.54) is 6.42 Å². The van der Waals surface area contributed by atoms with Gasteiger partial charge in [-0.3, -0.25) is 9.69 Å². The molecule has 0 N–H and O–H groups in total. The van der Waals surface area contributed by atoms with Crippen molar-refractivity contribution in [3.05, 3.63) is 12.7 Å². The van der Waals surface area contributed by atoms with Crippen LogP contribution in [0.1, 0.15) is 38.5 Å². The largest absolute Gasteiger partial charge is 0.339 e. The van der Waals surface area contributed by atoms with Gasteiger partial charge in [-0.2, -0.15) is 0 Å². The average molecular weight is 348 g/mol. The fourth-order valence-electron chi connectivity index (χ4n) is 4.49. The molecular weight excluding hydrogens is 316 g/mol. The Bertz CT molecular complexity index is 518. The maximum atomic E-state index is 12.9. The van der Waals surface area contributed by atoms with E-state index in [1.807, 2.05) is 14.7 Å². The molecule has 6 nitrogen and oxygen atoms in total. The summed E-state index contributed by atoms with van der Waals surface area (Å²) in [5.74, 6) is 0.213. The monoisotopic (exact) mass is 348 g/mol. The van der Waals surface area contributed by atoms with Gasteiger partial charge >= 0.3 is 6.03 Å². The van der Waals surface area contributed by atoms with Gasteiger partial charge in [0.1, 0.15) is 0 Å². The van der Waals surface area contributed by atoms with E-state index in [2.05, 4.69) is 18.5 Å². The first-order chi connectivity index (χ1) is 12.1. The van der Waals surface area contributed by atoms with E-state index in [9.17, 15) is 9.59 Å². The van der Waals surface area contributed by atoms with Gasteiger partial charge in [-0.05, 0) is 39.2 Å². The molecule has 3 amide bonds. The van der Waals surface area contributed by atoms with E-state index >= 15 is 0 Å². The van der Waals surface area contributed by atoms with Crippen LogP contribution in [0.4, 0.5) is 4.79 Å². The lowest BCUT2D eigenvalue weighted by atomic mass is 9.86. The second kappa shape index (κ2) is 7.77. The van der Waals surface area contributed by atoms with Crippen LogP contribution in [-0.2, 0) is 4.79 Å². The molecule has 3 fully saturated rings. The Morgan fingerprint density at radius 3 is 2.56 bits per heavy atom. The number of hydrogen-bond donors (Lipinski definition) is 0. The molecule has 3 aliphatic rings. The zero-order valence-electron chi connectivity index (χ0n) is 15.6. The van der Waals surface area contributed by atoms with Crippen molar-refractivity contribution in [2.75, 3.05) is 52.9 Å². The van der Waals surface area contributed by atoms with Crippen molar-refractivity contribution in [3.63, 3.8) is 0 Å². The summed E-state index contributed by atoms with van der Waals surface area (Å²) in [5.41, 5.74) is -0.0741. The molecule has 0 aliphatic carbocycles. The number of rotatable bonds is 2. The Morgan fingerprint density at radius 1 is 1.08 bits per heavy atom. The van der Waals surface area contributed by atoms with E-state index in [-0.39, 0.29) is 17.5 Å². The molecule has 3 heterocycles. The molecule has 1 atom stereocenters. The average Bonchev–Trinajstić information content (AvgIpc) is 2.79. The van der Waals surface area contributed by atoms with Crippen LogP contribution in [0.5, 0.6) is 0 Å². The molecule has 3 saturated heterocycles. The minimum absolute atomic E-state index is 0.0741. The summed E-state index contributed by atoms with van der Waals surface area (Å²) in [7, 11) is 2.15. The SMILES string of the molecule is C=CCN1CCC2(CCC1=O)CN(C(=O)N1CCCCC1)CCN2C. The predicted molar refractivity (Wildman–Crippen MR) is 98.4 cm³/mol. The van der Waals surface area contributed by atoms with Crippen molar-refractivity contribution >= 4 is 11.9 Å². The van der Waals surface area contributed by atoms with Gasteiger partial charge in [0.15, 0.2) is 0 Å². The molecule has 1 spiro atoms. The first kappa shape index (κ1) is 18.2. The van der Waals surface area contributed by atoms with Gasteiger partial charge in [-0.15, -0.1) is 6.58 Å². The predicted octanol–water partition coefficient (Wildman–Crippen LogP) is 1.78. The lowest BCUT2D eigenvalue weighted by Crippen LogP contribution is -2.63. The highest BCUT2D eigenvalue weighted by molar-refractivity contribution is 5.77. The highest BCUT2D eigenvalue weighted by Crippen LogP contribution is 2.32. The number of piperazine rings is 1. The lowest BCUT2D eigenvalue weighted by Gasteiger charge is -2.50. The van der Waals surface area contributed by atoms with Crippen LogP contribution in [-0.4, -0.2) is 89.9 Å². The number of carbonyl (C=O) groups excluding carboxylic acids is 2. The van der Waals surface area contributed by atoms with Crippen molar-refractivity contribution in [2.45, 2.75) is 44.1 Å². The molecule has 0 bridgehead atoms. The van der Waals surface area contributed by atoms with E-state index in [0.717, 1.165) is 65.0 Å². The fraction of sp³-hybridized carbons (Fsp3) is 0.789. The Balaban J connectivity index is 1.70. The molecule has 3 aliphatic heterocycles. The first-order valence-electron chi connectivity index (χ1n) is 9.69. The van der Waals surface area contributed by atoms with E-state index in [1.54, 1.807) is 6.08 Å². The molecule has 0 radical (unpaired) electrons. The Hall–Kier alpha value is -1.56. The first-order valence-corrected chi connectivity index (χ1v) is 9.69. The number of urea groups is 1. The van der Waals surface area contributed by atoms with Crippen LogP contribution in [0, 0.1) is 0 Å². The van der Waals surface area contributed by atoms with Crippen molar-refractivity contribution in [1.82, 2.24) is 19.6 Å². The zero-order chi connectivity index (χ0) is 17.9. The second-order valence-electron chi connectivity index (χ2n) is 7.78. The van der Waals surface area contributed by atoms with E-state index in [4.69, 9.17) is 0 Å².